The van der Waals surface area contributed by atoms with Crippen molar-refractivity contribution >= 4 is 29.3 Å². The van der Waals surface area contributed by atoms with Gasteiger partial charge >= 0.3 is 0 Å². The second-order valence-corrected chi connectivity index (χ2v) is 9.14. The summed E-state index contributed by atoms with van der Waals surface area (Å²) in [5, 5.41) is 15.5. The molecule has 2 aliphatic rings. The van der Waals surface area contributed by atoms with E-state index in [9.17, 15) is 14.0 Å². The molecule has 0 spiro atoms. The van der Waals surface area contributed by atoms with Crippen molar-refractivity contribution in [2.75, 3.05) is 43.8 Å². The Kier molecular flexibility index (Phi) is 7.69. The minimum Gasteiger partial charge on any atom is -0.339 e. The van der Waals surface area contributed by atoms with E-state index in [2.05, 4.69) is 20.8 Å². The monoisotopic (exact) mass is 461 g/mol. The molecule has 1 N–H and O–H groups in total. The topological polar surface area (TPSA) is 96.2 Å². The Balaban J connectivity index is 1.19. The van der Waals surface area contributed by atoms with Crippen LogP contribution in [0.1, 0.15) is 38.1 Å². The van der Waals surface area contributed by atoms with Crippen LogP contribution in [0.3, 0.4) is 0 Å². The lowest BCUT2D eigenvalue weighted by molar-refractivity contribution is -0.130. The summed E-state index contributed by atoms with van der Waals surface area (Å²) >= 11 is 1.39. The van der Waals surface area contributed by atoms with Gasteiger partial charge in [-0.05, 0) is 41.5 Å². The van der Waals surface area contributed by atoms with Gasteiger partial charge in [0.25, 0.3) is 0 Å². The molecule has 1 aliphatic carbocycles. The average Bonchev–Trinajstić information content (AvgIpc) is 3.27. The highest BCUT2D eigenvalue weighted by Crippen LogP contribution is 2.30. The first-order valence-corrected chi connectivity index (χ1v) is 12.0. The number of thioether (sulfide) groups is 1. The number of hydrogen-bond acceptors (Lipinski definition) is 7. The van der Waals surface area contributed by atoms with E-state index >= 15 is 0 Å². The van der Waals surface area contributed by atoms with Gasteiger partial charge in [-0.3, -0.25) is 14.5 Å². The van der Waals surface area contributed by atoms with Gasteiger partial charge in [-0.25, -0.2) is 9.07 Å². The summed E-state index contributed by atoms with van der Waals surface area (Å²) in [6.45, 7) is 2.59. The first kappa shape index (κ1) is 22.7. The van der Waals surface area contributed by atoms with Crippen LogP contribution >= 0.6 is 11.8 Å². The van der Waals surface area contributed by atoms with Gasteiger partial charge in [0, 0.05) is 31.9 Å². The number of nitrogens with zero attached hydrogens (tertiary/aromatic N) is 6. The Hall–Kier alpha value is -2.53. The fourth-order valence-corrected chi connectivity index (χ4v) is 5.03. The molecule has 1 saturated carbocycles. The fourth-order valence-electron chi connectivity index (χ4n) is 4.18. The zero-order valence-corrected chi connectivity index (χ0v) is 18.8. The molecule has 0 atom stereocenters. The number of nitrogens with one attached hydrogen (secondary N) is 1. The number of amides is 2. The van der Waals surface area contributed by atoms with Crippen molar-refractivity contribution in [3.05, 3.63) is 30.1 Å². The molecular formula is C21H28FN7O2S. The van der Waals surface area contributed by atoms with Crippen molar-refractivity contribution in [2.24, 2.45) is 0 Å². The van der Waals surface area contributed by atoms with Gasteiger partial charge in [-0.15, -0.1) is 5.10 Å². The number of carbonyl (C=O) groups excluding carboxylic acids is 2. The van der Waals surface area contributed by atoms with Gasteiger partial charge < -0.3 is 10.2 Å². The van der Waals surface area contributed by atoms with Crippen molar-refractivity contribution in [1.29, 1.82) is 0 Å². The smallest absolute Gasteiger partial charge is 0.238 e. The normalized spacial score (nSPS) is 18.0. The zero-order chi connectivity index (χ0) is 22.3. The standard InChI is InChI=1S/C21H28FN7O2S/c22-16-5-4-6-17(13-16)23-19(30)14-27-9-11-28(12-10-27)20(31)15-32-21-24-25-26-29(21)18-7-2-1-3-8-18/h4-6,13,18H,1-3,7-12,14-15H2,(H,23,30). The Morgan fingerprint density at radius 3 is 2.66 bits per heavy atom. The van der Waals surface area contributed by atoms with E-state index in [1.165, 1.54) is 43.2 Å². The van der Waals surface area contributed by atoms with Gasteiger partial charge in [0.05, 0.1) is 18.3 Å². The van der Waals surface area contributed by atoms with Crippen molar-refractivity contribution < 1.29 is 14.0 Å². The summed E-state index contributed by atoms with van der Waals surface area (Å²) < 4.78 is 15.1. The highest BCUT2D eigenvalue weighted by atomic mass is 32.2. The number of piperazine rings is 1. The van der Waals surface area contributed by atoms with E-state index < -0.39 is 0 Å². The summed E-state index contributed by atoms with van der Waals surface area (Å²) in [5.74, 6) is -0.231. The fraction of sp³-hybridized carbons (Fsp3) is 0.571. The maximum absolute atomic E-state index is 13.3. The lowest BCUT2D eigenvalue weighted by atomic mass is 9.96. The largest absolute Gasteiger partial charge is 0.339 e. The van der Waals surface area contributed by atoms with Crippen LogP contribution in [0.15, 0.2) is 29.4 Å². The molecule has 0 bridgehead atoms. The molecular weight excluding hydrogens is 433 g/mol. The van der Waals surface area contributed by atoms with Crippen LogP contribution in [0.25, 0.3) is 0 Å². The van der Waals surface area contributed by atoms with Gasteiger partial charge in [0.2, 0.25) is 17.0 Å². The third-order valence-electron chi connectivity index (χ3n) is 5.91. The van der Waals surface area contributed by atoms with Crippen LogP contribution in [0.5, 0.6) is 0 Å². The van der Waals surface area contributed by atoms with Crippen molar-refractivity contribution in [3.63, 3.8) is 0 Å². The number of aromatic nitrogens is 4. The molecule has 2 amide bonds. The molecule has 0 radical (unpaired) electrons. The lowest BCUT2D eigenvalue weighted by Crippen LogP contribution is -2.50. The van der Waals surface area contributed by atoms with E-state index in [-0.39, 0.29) is 24.2 Å². The van der Waals surface area contributed by atoms with Crippen LogP contribution in [-0.2, 0) is 9.59 Å². The molecule has 0 unspecified atom stereocenters. The number of halogens is 1. The maximum Gasteiger partial charge on any atom is 0.238 e. The van der Waals surface area contributed by atoms with Crippen molar-refractivity contribution in [2.45, 2.75) is 43.3 Å². The summed E-state index contributed by atoms with van der Waals surface area (Å²) in [7, 11) is 0. The number of hydrogen-bond donors (Lipinski definition) is 1. The minimum absolute atomic E-state index is 0.0528. The Morgan fingerprint density at radius 1 is 1.12 bits per heavy atom. The Bertz CT molecular complexity index is 926. The molecule has 2 aromatic rings. The molecule has 11 heteroatoms. The number of benzene rings is 1. The molecule has 2 fully saturated rings. The van der Waals surface area contributed by atoms with Gasteiger partial charge in [0.1, 0.15) is 5.82 Å². The average molecular weight is 462 g/mol. The van der Waals surface area contributed by atoms with E-state index in [0.29, 0.717) is 48.8 Å². The predicted octanol–water partition coefficient (Wildman–Crippen LogP) is 2.19. The number of carbonyl (C=O) groups is 2. The van der Waals surface area contributed by atoms with E-state index in [1.54, 1.807) is 12.1 Å². The predicted molar refractivity (Wildman–Crippen MR) is 119 cm³/mol. The van der Waals surface area contributed by atoms with Crippen LogP contribution in [0.4, 0.5) is 10.1 Å². The molecule has 2 heterocycles. The molecule has 1 aromatic carbocycles. The van der Waals surface area contributed by atoms with Crippen LogP contribution in [0, 0.1) is 5.82 Å². The molecule has 32 heavy (non-hydrogen) atoms. The van der Waals surface area contributed by atoms with Crippen LogP contribution < -0.4 is 5.32 Å². The van der Waals surface area contributed by atoms with Crippen molar-refractivity contribution in [3.8, 4) is 0 Å². The zero-order valence-electron chi connectivity index (χ0n) is 18.0. The van der Waals surface area contributed by atoms with Gasteiger partial charge in [-0.2, -0.15) is 0 Å². The molecule has 9 nitrogen and oxygen atoms in total. The Labute approximate surface area is 190 Å². The van der Waals surface area contributed by atoms with Gasteiger partial charge in [-0.1, -0.05) is 37.1 Å². The lowest BCUT2D eigenvalue weighted by Gasteiger charge is -2.34. The van der Waals surface area contributed by atoms with Gasteiger partial charge in [0.15, 0.2) is 0 Å². The summed E-state index contributed by atoms with van der Waals surface area (Å²) in [4.78, 5) is 28.7. The van der Waals surface area contributed by atoms with Crippen LogP contribution in [0.2, 0.25) is 0 Å². The Morgan fingerprint density at radius 2 is 1.91 bits per heavy atom. The van der Waals surface area contributed by atoms with E-state index in [1.807, 2.05) is 14.5 Å². The molecule has 1 aromatic heterocycles. The van der Waals surface area contributed by atoms with E-state index in [0.717, 1.165) is 12.8 Å². The number of tetrazole rings is 1. The van der Waals surface area contributed by atoms with Crippen LogP contribution in [-0.4, -0.2) is 80.3 Å². The maximum atomic E-state index is 13.3. The summed E-state index contributed by atoms with van der Waals surface area (Å²) in [5.41, 5.74) is 0.441. The minimum atomic E-state index is -0.388. The second kappa shape index (κ2) is 10.9. The quantitative estimate of drug-likeness (QED) is 0.632. The highest BCUT2D eigenvalue weighted by Gasteiger charge is 2.24. The molecule has 4 rings (SSSR count). The summed E-state index contributed by atoms with van der Waals surface area (Å²) in [6.07, 6.45) is 5.82. The number of rotatable bonds is 7. The van der Waals surface area contributed by atoms with Crippen molar-refractivity contribution in [1.82, 2.24) is 30.0 Å². The third-order valence-corrected chi connectivity index (χ3v) is 6.83. The molecule has 1 saturated heterocycles. The molecule has 172 valence electrons. The first-order chi connectivity index (χ1) is 15.6. The molecule has 1 aliphatic heterocycles. The highest BCUT2D eigenvalue weighted by molar-refractivity contribution is 7.99. The first-order valence-electron chi connectivity index (χ1n) is 11.0. The third kappa shape index (κ3) is 6.04. The SMILES string of the molecule is O=C(CN1CCN(C(=O)CSc2nnnn2C2CCCCC2)CC1)Nc1cccc(F)c1. The number of anilines is 1. The summed E-state index contributed by atoms with van der Waals surface area (Å²) in [6, 6.07) is 6.16. The van der Waals surface area contributed by atoms with E-state index in [4.69, 9.17) is 0 Å². The second-order valence-electron chi connectivity index (χ2n) is 8.20.